The lowest BCUT2D eigenvalue weighted by atomic mass is 10.1. The molecule has 2 rings (SSSR count). The van der Waals surface area contributed by atoms with Gasteiger partial charge in [0.1, 0.15) is 11.2 Å². The smallest absolute Gasteiger partial charge is 0.260 e. The topological polar surface area (TPSA) is 70.0 Å². The molecule has 1 N–H and O–H groups in total. The summed E-state index contributed by atoms with van der Waals surface area (Å²) in [6, 6.07) is 10.7. The zero-order valence-electron chi connectivity index (χ0n) is 13.0. The maximum Gasteiger partial charge on any atom is 0.260 e. The van der Waals surface area contributed by atoms with Crippen LogP contribution in [0.25, 0.3) is 0 Å². The van der Waals surface area contributed by atoms with Crippen molar-refractivity contribution in [2.45, 2.75) is 11.8 Å². The number of nitrogens with one attached hydrogen (secondary N) is 1. The Morgan fingerprint density at radius 2 is 1.88 bits per heavy atom. The summed E-state index contributed by atoms with van der Waals surface area (Å²) in [5.74, 6) is -1.83. The van der Waals surface area contributed by atoms with Crippen molar-refractivity contribution in [2.75, 3.05) is 6.26 Å². The standard InChI is InChI=1S/C17H14ClFN2O2S/c1-11(22)16-14(19)8-13(18)9-15(16)24(2,10-20)21-17(23)12-6-4-3-5-7-12/h3-9H,1-2H3,(H,21,23). The highest BCUT2D eigenvalue weighted by Crippen LogP contribution is 2.51. The first-order valence-corrected chi connectivity index (χ1v) is 9.27. The first-order chi connectivity index (χ1) is 11.3. The van der Waals surface area contributed by atoms with Crippen LogP contribution in [0.2, 0.25) is 5.02 Å². The number of nitriles is 1. The number of carbonyl (C=O) groups excluding carboxylic acids is 2. The van der Waals surface area contributed by atoms with Crippen LogP contribution in [0.5, 0.6) is 0 Å². The fraction of sp³-hybridized carbons (Fsp3) is 0.118. The largest absolute Gasteiger partial charge is 0.299 e. The highest BCUT2D eigenvalue weighted by atomic mass is 35.5. The lowest BCUT2D eigenvalue weighted by Gasteiger charge is -2.31. The first-order valence-electron chi connectivity index (χ1n) is 6.85. The summed E-state index contributed by atoms with van der Waals surface area (Å²) in [6.07, 6.45) is 1.48. The van der Waals surface area contributed by atoms with Gasteiger partial charge in [-0.25, -0.2) is 4.39 Å². The zero-order chi connectivity index (χ0) is 17.9. The predicted octanol–water partition coefficient (Wildman–Crippen LogP) is 4.30. The Bertz CT molecular complexity index is 852. The van der Waals surface area contributed by atoms with Gasteiger partial charge < -0.3 is 0 Å². The third-order valence-electron chi connectivity index (χ3n) is 3.33. The van der Waals surface area contributed by atoms with E-state index >= 15 is 0 Å². The van der Waals surface area contributed by atoms with Crippen LogP contribution in [0.15, 0.2) is 47.4 Å². The Labute approximate surface area is 145 Å². The van der Waals surface area contributed by atoms with E-state index in [4.69, 9.17) is 11.6 Å². The third kappa shape index (κ3) is 3.58. The van der Waals surface area contributed by atoms with Crippen molar-refractivity contribution >= 4 is 33.5 Å². The van der Waals surface area contributed by atoms with E-state index in [1.54, 1.807) is 30.3 Å². The van der Waals surface area contributed by atoms with Crippen LogP contribution >= 0.6 is 21.8 Å². The molecule has 0 aromatic heterocycles. The number of hydrogen-bond acceptors (Lipinski definition) is 3. The molecular formula is C17H14ClFN2O2S. The molecule has 1 atom stereocenters. The van der Waals surface area contributed by atoms with Gasteiger partial charge in [-0.2, -0.15) is 5.26 Å². The summed E-state index contributed by atoms with van der Waals surface area (Å²) < 4.78 is 16.8. The van der Waals surface area contributed by atoms with E-state index in [2.05, 4.69) is 4.72 Å². The number of halogens is 2. The molecular weight excluding hydrogens is 351 g/mol. The molecule has 0 bridgehead atoms. The van der Waals surface area contributed by atoms with E-state index in [0.717, 1.165) is 6.07 Å². The molecule has 0 saturated carbocycles. The number of benzene rings is 2. The van der Waals surface area contributed by atoms with E-state index in [0.29, 0.717) is 5.56 Å². The minimum absolute atomic E-state index is 0.0513. The maximum atomic E-state index is 14.2. The van der Waals surface area contributed by atoms with Gasteiger partial charge in [-0.15, -0.1) is 0 Å². The molecule has 2 aromatic rings. The highest BCUT2D eigenvalue weighted by molar-refractivity contribution is 8.35. The van der Waals surface area contributed by atoms with Crippen LogP contribution in [0.1, 0.15) is 27.6 Å². The molecule has 24 heavy (non-hydrogen) atoms. The van der Waals surface area contributed by atoms with Crippen LogP contribution < -0.4 is 4.72 Å². The summed E-state index contributed by atoms with van der Waals surface area (Å²) in [4.78, 5) is 24.3. The van der Waals surface area contributed by atoms with Crippen molar-refractivity contribution in [2.24, 2.45) is 0 Å². The van der Waals surface area contributed by atoms with E-state index in [1.807, 2.05) is 5.40 Å². The molecule has 0 spiro atoms. The van der Waals surface area contributed by atoms with E-state index < -0.39 is 27.7 Å². The molecule has 0 heterocycles. The molecule has 2 aromatic carbocycles. The molecule has 0 aliphatic rings. The van der Waals surface area contributed by atoms with Crippen LogP contribution in [-0.4, -0.2) is 17.9 Å². The molecule has 4 nitrogen and oxygen atoms in total. The normalized spacial score (nSPS) is 14.1. The second kappa shape index (κ2) is 7.04. The van der Waals surface area contributed by atoms with Gasteiger partial charge in [-0.3, -0.25) is 14.3 Å². The quantitative estimate of drug-likeness (QED) is 0.649. The molecule has 0 radical (unpaired) electrons. The molecule has 1 unspecified atom stereocenters. The zero-order valence-corrected chi connectivity index (χ0v) is 14.5. The summed E-state index contributed by atoms with van der Waals surface area (Å²) in [5, 5.41) is 11.7. The first kappa shape index (κ1) is 18.0. The Balaban J connectivity index is 2.53. The summed E-state index contributed by atoms with van der Waals surface area (Å²) in [6.45, 7) is 1.20. The molecule has 0 fully saturated rings. The van der Waals surface area contributed by atoms with Crippen molar-refractivity contribution in [3.8, 4) is 5.40 Å². The minimum Gasteiger partial charge on any atom is -0.299 e. The fourth-order valence-electron chi connectivity index (χ4n) is 2.17. The number of thiocyanates is 1. The van der Waals surface area contributed by atoms with Crippen molar-refractivity contribution in [1.82, 2.24) is 4.72 Å². The average molecular weight is 365 g/mol. The molecule has 1 amide bonds. The summed E-state index contributed by atoms with van der Waals surface area (Å²) in [7, 11) is -2.66. The van der Waals surface area contributed by atoms with Gasteiger partial charge in [0.25, 0.3) is 5.91 Å². The number of hydrogen-bond donors (Lipinski definition) is 1. The highest BCUT2D eigenvalue weighted by Gasteiger charge is 2.30. The molecule has 0 saturated heterocycles. The van der Waals surface area contributed by atoms with E-state index in [-0.39, 0.29) is 15.5 Å². The average Bonchev–Trinajstić information content (AvgIpc) is 2.54. The second-order valence-electron chi connectivity index (χ2n) is 5.12. The Kier molecular flexibility index (Phi) is 5.27. The number of carbonyl (C=O) groups is 2. The van der Waals surface area contributed by atoms with Gasteiger partial charge >= 0.3 is 0 Å². The molecule has 0 aliphatic carbocycles. The number of nitrogens with zero attached hydrogens (tertiary/aromatic N) is 1. The van der Waals surface area contributed by atoms with E-state index in [1.165, 1.54) is 19.2 Å². The number of amides is 1. The lowest BCUT2D eigenvalue weighted by Crippen LogP contribution is -2.27. The fourth-order valence-corrected chi connectivity index (χ4v) is 4.20. The van der Waals surface area contributed by atoms with Crippen LogP contribution in [-0.2, 0) is 0 Å². The molecule has 0 aliphatic heterocycles. The predicted molar refractivity (Wildman–Crippen MR) is 92.7 cm³/mol. The van der Waals surface area contributed by atoms with Gasteiger partial charge in [-0.05, 0) is 37.4 Å². The van der Waals surface area contributed by atoms with Crippen molar-refractivity contribution < 1.29 is 14.0 Å². The SMILES string of the molecule is CC(=O)c1c(F)cc(Cl)cc1S(C)(C#N)NC(=O)c1ccccc1. The molecule has 7 heteroatoms. The van der Waals surface area contributed by atoms with Gasteiger partial charge in [0.15, 0.2) is 5.78 Å². The van der Waals surface area contributed by atoms with Gasteiger partial charge in [0.05, 0.1) is 5.56 Å². The van der Waals surface area contributed by atoms with Gasteiger partial charge in [-0.1, -0.05) is 40.0 Å². The number of Topliss-reactive ketones (excluding diaryl/α,β-unsaturated/α-hetero) is 1. The number of ketones is 1. The van der Waals surface area contributed by atoms with Crippen molar-refractivity contribution in [1.29, 1.82) is 5.26 Å². The lowest BCUT2D eigenvalue weighted by molar-refractivity contribution is 0.0978. The Morgan fingerprint density at radius 1 is 1.25 bits per heavy atom. The van der Waals surface area contributed by atoms with E-state index in [9.17, 15) is 19.2 Å². The van der Waals surface area contributed by atoms with Gasteiger partial charge in [0.2, 0.25) is 0 Å². The summed E-state index contributed by atoms with van der Waals surface area (Å²) >= 11 is 5.88. The van der Waals surface area contributed by atoms with Crippen LogP contribution in [0, 0.1) is 16.5 Å². The second-order valence-corrected chi connectivity index (χ2v) is 8.22. The van der Waals surface area contributed by atoms with Crippen LogP contribution in [0.4, 0.5) is 4.39 Å². The van der Waals surface area contributed by atoms with Crippen molar-refractivity contribution in [3.63, 3.8) is 0 Å². The maximum absolute atomic E-state index is 14.2. The molecule has 124 valence electrons. The third-order valence-corrected chi connectivity index (χ3v) is 5.70. The van der Waals surface area contributed by atoms with Gasteiger partial charge in [0, 0.05) is 15.5 Å². The number of rotatable bonds is 4. The Morgan fingerprint density at radius 3 is 2.42 bits per heavy atom. The van der Waals surface area contributed by atoms with Crippen LogP contribution in [0.3, 0.4) is 0 Å². The summed E-state index contributed by atoms with van der Waals surface area (Å²) in [5.41, 5.74) is 0.130. The Hall–Kier alpha value is -2.36. The monoisotopic (exact) mass is 364 g/mol. The minimum atomic E-state index is -2.66. The van der Waals surface area contributed by atoms with Crippen molar-refractivity contribution in [3.05, 3.63) is 64.4 Å².